The molecule has 108 valence electrons. The van der Waals surface area contributed by atoms with E-state index in [1.54, 1.807) is 0 Å². The predicted molar refractivity (Wildman–Crippen MR) is 78.8 cm³/mol. The van der Waals surface area contributed by atoms with Gasteiger partial charge in [-0.2, -0.15) is 5.26 Å². The molecule has 0 bridgehead atoms. The molecule has 3 nitrogen and oxygen atoms in total. The molecule has 0 radical (unpaired) electrons. The van der Waals surface area contributed by atoms with E-state index in [2.05, 4.69) is 44.0 Å². The number of rotatable bonds is 6. The smallest absolute Gasteiger partial charge is 0.108 e. The van der Waals surface area contributed by atoms with Gasteiger partial charge in [0, 0.05) is 24.7 Å². The first-order valence-corrected chi connectivity index (χ1v) is 7.90. The van der Waals surface area contributed by atoms with E-state index < -0.39 is 0 Å². The molecular formula is C16H29N3. The molecule has 19 heavy (non-hydrogen) atoms. The highest BCUT2D eigenvalue weighted by molar-refractivity contribution is 5.14. The Balaban J connectivity index is 2.00. The van der Waals surface area contributed by atoms with E-state index >= 15 is 0 Å². The van der Waals surface area contributed by atoms with Gasteiger partial charge < -0.3 is 0 Å². The summed E-state index contributed by atoms with van der Waals surface area (Å²) < 4.78 is 0. The lowest BCUT2D eigenvalue weighted by Gasteiger charge is -2.32. The molecule has 2 rings (SSSR count). The summed E-state index contributed by atoms with van der Waals surface area (Å²) >= 11 is 0. The summed E-state index contributed by atoms with van der Waals surface area (Å²) in [4.78, 5) is 2.70. The Morgan fingerprint density at radius 1 is 1.21 bits per heavy atom. The molecule has 0 aromatic heterocycles. The van der Waals surface area contributed by atoms with Crippen molar-refractivity contribution in [1.82, 2.24) is 10.2 Å². The Morgan fingerprint density at radius 3 is 2.37 bits per heavy atom. The van der Waals surface area contributed by atoms with Crippen LogP contribution in [0.2, 0.25) is 0 Å². The normalized spacial score (nSPS) is 31.4. The summed E-state index contributed by atoms with van der Waals surface area (Å²) in [6, 6.07) is 4.37. The minimum absolute atomic E-state index is 0.275. The summed E-state index contributed by atoms with van der Waals surface area (Å²) in [5.74, 6) is 0.718. The van der Waals surface area contributed by atoms with Gasteiger partial charge in [-0.1, -0.05) is 13.8 Å². The molecule has 2 saturated carbocycles. The fourth-order valence-electron chi connectivity index (χ4n) is 3.54. The second-order valence-corrected chi connectivity index (χ2v) is 7.21. The maximum absolute atomic E-state index is 9.57. The maximum atomic E-state index is 9.57. The van der Waals surface area contributed by atoms with Crippen molar-refractivity contribution in [3.8, 4) is 6.07 Å². The van der Waals surface area contributed by atoms with Crippen molar-refractivity contribution < 1.29 is 0 Å². The quantitative estimate of drug-likeness (QED) is 0.801. The van der Waals surface area contributed by atoms with Crippen molar-refractivity contribution >= 4 is 0 Å². The van der Waals surface area contributed by atoms with E-state index in [1.165, 1.54) is 25.8 Å². The van der Waals surface area contributed by atoms with Gasteiger partial charge in [-0.25, -0.2) is 0 Å². The van der Waals surface area contributed by atoms with Gasteiger partial charge in [0.15, 0.2) is 0 Å². The number of hydrogen-bond donors (Lipinski definition) is 1. The van der Waals surface area contributed by atoms with Crippen molar-refractivity contribution in [3.05, 3.63) is 0 Å². The van der Waals surface area contributed by atoms with Crippen LogP contribution < -0.4 is 5.32 Å². The third-order valence-corrected chi connectivity index (χ3v) is 4.33. The van der Waals surface area contributed by atoms with Gasteiger partial charge in [-0.05, 0) is 51.9 Å². The average Bonchev–Trinajstić information content (AvgIpc) is 3.08. The Morgan fingerprint density at radius 2 is 1.89 bits per heavy atom. The first-order chi connectivity index (χ1) is 8.96. The molecule has 0 aromatic carbocycles. The number of nitrogens with zero attached hydrogens (tertiary/aromatic N) is 2. The molecule has 0 spiro atoms. The van der Waals surface area contributed by atoms with E-state index in [4.69, 9.17) is 0 Å². The van der Waals surface area contributed by atoms with Crippen LogP contribution in [0, 0.1) is 17.2 Å². The molecule has 2 fully saturated rings. The molecule has 0 aromatic rings. The zero-order chi connectivity index (χ0) is 14.0. The summed E-state index contributed by atoms with van der Waals surface area (Å²) in [6.07, 6.45) is 5.91. The second-order valence-electron chi connectivity index (χ2n) is 7.21. The lowest BCUT2D eigenvalue weighted by atomic mass is 9.98. The molecule has 3 heteroatoms. The minimum Gasteiger partial charge on any atom is -0.297 e. The zero-order valence-electron chi connectivity index (χ0n) is 12.9. The minimum atomic E-state index is -0.275. The highest BCUT2D eigenvalue weighted by Crippen LogP contribution is 2.39. The Labute approximate surface area is 118 Å². The summed E-state index contributed by atoms with van der Waals surface area (Å²) in [5, 5.41) is 13.1. The summed E-state index contributed by atoms with van der Waals surface area (Å²) in [7, 11) is 0. The number of nitriles is 1. The monoisotopic (exact) mass is 263 g/mol. The van der Waals surface area contributed by atoms with Crippen LogP contribution in [0.1, 0.15) is 59.8 Å². The zero-order valence-corrected chi connectivity index (χ0v) is 12.9. The molecule has 0 aliphatic heterocycles. The first-order valence-electron chi connectivity index (χ1n) is 7.90. The predicted octanol–water partition coefficient (Wildman–Crippen LogP) is 2.92. The SMILES string of the molecule is CC(C)CN(C1CC1)C1CCC(C#N)(NC(C)C)C1. The van der Waals surface area contributed by atoms with Crippen LogP contribution >= 0.6 is 0 Å². The Hall–Kier alpha value is -0.590. The van der Waals surface area contributed by atoms with Gasteiger partial charge in [0.2, 0.25) is 0 Å². The van der Waals surface area contributed by atoms with Crippen molar-refractivity contribution in [3.63, 3.8) is 0 Å². The third-order valence-electron chi connectivity index (χ3n) is 4.33. The van der Waals surface area contributed by atoms with Crippen LogP contribution in [0.25, 0.3) is 0 Å². The fraction of sp³-hybridized carbons (Fsp3) is 0.938. The van der Waals surface area contributed by atoms with Crippen LogP contribution in [-0.4, -0.2) is 35.1 Å². The van der Waals surface area contributed by atoms with Gasteiger partial charge in [0.05, 0.1) is 6.07 Å². The standard InChI is InChI=1S/C16H29N3/c1-12(2)10-19(14-5-6-14)15-7-8-16(9-15,11-17)18-13(3)4/h12-15,18H,5-10H2,1-4H3. The molecule has 2 unspecified atom stereocenters. The Bertz CT molecular complexity index is 340. The molecular weight excluding hydrogens is 234 g/mol. The molecule has 1 N–H and O–H groups in total. The third kappa shape index (κ3) is 3.70. The average molecular weight is 263 g/mol. The van der Waals surface area contributed by atoms with Crippen LogP contribution in [0.15, 0.2) is 0 Å². The molecule has 2 aliphatic carbocycles. The number of hydrogen-bond acceptors (Lipinski definition) is 3. The fourth-order valence-corrected chi connectivity index (χ4v) is 3.54. The van der Waals surface area contributed by atoms with Gasteiger partial charge >= 0.3 is 0 Å². The van der Waals surface area contributed by atoms with Gasteiger partial charge in [-0.3, -0.25) is 10.2 Å². The van der Waals surface area contributed by atoms with Crippen molar-refractivity contribution in [2.75, 3.05) is 6.54 Å². The first kappa shape index (κ1) is 14.8. The van der Waals surface area contributed by atoms with Crippen molar-refractivity contribution in [1.29, 1.82) is 5.26 Å². The summed E-state index contributed by atoms with van der Waals surface area (Å²) in [5.41, 5.74) is -0.275. The second kappa shape index (κ2) is 5.81. The molecule has 0 amide bonds. The molecule has 0 saturated heterocycles. The maximum Gasteiger partial charge on any atom is 0.108 e. The van der Waals surface area contributed by atoms with Crippen LogP contribution in [0.3, 0.4) is 0 Å². The van der Waals surface area contributed by atoms with Gasteiger partial charge in [0.25, 0.3) is 0 Å². The van der Waals surface area contributed by atoms with Crippen LogP contribution in [-0.2, 0) is 0 Å². The van der Waals surface area contributed by atoms with Crippen LogP contribution in [0.5, 0.6) is 0 Å². The topological polar surface area (TPSA) is 39.1 Å². The van der Waals surface area contributed by atoms with E-state index in [0.717, 1.165) is 24.8 Å². The Kier molecular flexibility index (Phi) is 4.53. The number of nitrogens with one attached hydrogen (secondary N) is 1. The van der Waals surface area contributed by atoms with E-state index in [-0.39, 0.29) is 5.54 Å². The van der Waals surface area contributed by atoms with Gasteiger partial charge in [-0.15, -0.1) is 0 Å². The lowest BCUT2D eigenvalue weighted by molar-refractivity contribution is 0.161. The van der Waals surface area contributed by atoms with E-state index in [9.17, 15) is 5.26 Å². The van der Waals surface area contributed by atoms with Crippen molar-refractivity contribution in [2.45, 2.75) is 83.5 Å². The largest absolute Gasteiger partial charge is 0.297 e. The molecule has 2 aliphatic rings. The molecule has 0 heterocycles. The van der Waals surface area contributed by atoms with Crippen LogP contribution in [0.4, 0.5) is 0 Å². The highest BCUT2D eigenvalue weighted by atomic mass is 15.2. The summed E-state index contributed by atoms with van der Waals surface area (Å²) in [6.45, 7) is 10.1. The highest BCUT2D eigenvalue weighted by Gasteiger charge is 2.45. The van der Waals surface area contributed by atoms with E-state index in [1.807, 2.05) is 0 Å². The van der Waals surface area contributed by atoms with Crippen molar-refractivity contribution in [2.24, 2.45) is 5.92 Å². The lowest BCUT2D eigenvalue weighted by Crippen LogP contribution is -2.47. The van der Waals surface area contributed by atoms with E-state index in [0.29, 0.717) is 12.1 Å². The van der Waals surface area contributed by atoms with Gasteiger partial charge in [0.1, 0.15) is 5.54 Å². The molecule has 2 atom stereocenters.